The molecule has 2 aromatic rings. The molecule has 1 aliphatic carbocycles. The molecule has 1 fully saturated rings. The Kier molecular flexibility index (Phi) is 3.24. The van der Waals surface area contributed by atoms with Gasteiger partial charge in [0.2, 0.25) is 5.91 Å². The molecule has 0 spiro atoms. The molecule has 0 saturated heterocycles. The Hall–Kier alpha value is -2.21. The molecule has 19 heavy (non-hydrogen) atoms. The highest BCUT2D eigenvalue weighted by atomic mass is 16.1. The summed E-state index contributed by atoms with van der Waals surface area (Å²) in [6, 6.07) is 7.95. The lowest BCUT2D eigenvalue weighted by Crippen LogP contribution is -2.29. The molecule has 6 nitrogen and oxygen atoms in total. The summed E-state index contributed by atoms with van der Waals surface area (Å²) in [5.74, 6) is -0.0168. The molecule has 0 atom stereocenters. The third kappa shape index (κ3) is 3.17. The first kappa shape index (κ1) is 11.9. The second-order valence-electron chi connectivity index (χ2n) is 4.57. The summed E-state index contributed by atoms with van der Waals surface area (Å²) in [5.41, 5.74) is 1.64. The number of benzene rings is 1. The van der Waals surface area contributed by atoms with Crippen molar-refractivity contribution in [2.24, 2.45) is 0 Å². The maximum Gasteiger partial charge on any atom is 0.238 e. The second-order valence-corrected chi connectivity index (χ2v) is 4.57. The minimum absolute atomic E-state index is 0.0168. The van der Waals surface area contributed by atoms with Crippen molar-refractivity contribution in [3.63, 3.8) is 0 Å². The summed E-state index contributed by atoms with van der Waals surface area (Å²) >= 11 is 0. The summed E-state index contributed by atoms with van der Waals surface area (Å²) < 4.78 is 0. The van der Waals surface area contributed by atoms with Crippen molar-refractivity contribution in [3.05, 3.63) is 36.7 Å². The van der Waals surface area contributed by atoms with Crippen LogP contribution in [0.1, 0.15) is 12.8 Å². The van der Waals surface area contributed by atoms with Gasteiger partial charge in [0.1, 0.15) is 0 Å². The Balaban J connectivity index is 1.57. The van der Waals surface area contributed by atoms with Crippen LogP contribution in [0.3, 0.4) is 0 Å². The number of nitrogens with one attached hydrogen (secondary N) is 2. The van der Waals surface area contributed by atoms with Crippen molar-refractivity contribution in [1.82, 2.24) is 20.3 Å². The van der Waals surface area contributed by atoms with Gasteiger partial charge in [-0.15, -0.1) is 0 Å². The fourth-order valence-corrected chi connectivity index (χ4v) is 1.76. The summed E-state index contributed by atoms with van der Waals surface area (Å²) in [5, 5.41) is 14.1. The van der Waals surface area contributed by atoms with Crippen molar-refractivity contribution < 1.29 is 4.79 Å². The van der Waals surface area contributed by atoms with Gasteiger partial charge in [-0.2, -0.15) is 15.0 Å². The van der Waals surface area contributed by atoms with Crippen LogP contribution in [0.4, 0.5) is 5.69 Å². The van der Waals surface area contributed by atoms with Crippen LogP contribution in [0.5, 0.6) is 0 Å². The van der Waals surface area contributed by atoms with E-state index in [0.29, 0.717) is 12.6 Å². The summed E-state index contributed by atoms with van der Waals surface area (Å²) in [4.78, 5) is 13.2. The van der Waals surface area contributed by atoms with Crippen molar-refractivity contribution in [2.45, 2.75) is 18.9 Å². The number of nitrogens with zero attached hydrogens (tertiary/aromatic N) is 3. The van der Waals surface area contributed by atoms with Crippen molar-refractivity contribution in [1.29, 1.82) is 0 Å². The van der Waals surface area contributed by atoms with Gasteiger partial charge in [0.05, 0.1) is 24.6 Å². The quantitative estimate of drug-likeness (QED) is 0.836. The number of aromatic nitrogens is 3. The highest BCUT2D eigenvalue weighted by molar-refractivity contribution is 5.92. The van der Waals surface area contributed by atoms with Crippen LogP contribution in [0.15, 0.2) is 36.7 Å². The van der Waals surface area contributed by atoms with Crippen LogP contribution in [0, 0.1) is 0 Å². The van der Waals surface area contributed by atoms with E-state index >= 15 is 0 Å². The average molecular weight is 257 g/mol. The van der Waals surface area contributed by atoms with Gasteiger partial charge in [0, 0.05) is 11.7 Å². The molecule has 98 valence electrons. The highest BCUT2D eigenvalue weighted by Gasteiger charge is 2.21. The third-order valence-electron chi connectivity index (χ3n) is 2.93. The first-order valence-electron chi connectivity index (χ1n) is 6.31. The van der Waals surface area contributed by atoms with Crippen LogP contribution in [-0.4, -0.2) is 33.5 Å². The molecule has 0 unspecified atom stereocenters. The molecule has 1 heterocycles. The van der Waals surface area contributed by atoms with E-state index in [1.165, 1.54) is 17.6 Å². The largest absolute Gasteiger partial charge is 0.325 e. The molecule has 0 radical (unpaired) electrons. The molecule has 1 amide bonds. The number of anilines is 1. The fraction of sp³-hybridized carbons (Fsp3) is 0.308. The van der Waals surface area contributed by atoms with E-state index in [1.54, 1.807) is 12.4 Å². The molecule has 2 N–H and O–H groups in total. The lowest BCUT2D eigenvalue weighted by Gasteiger charge is -2.06. The van der Waals surface area contributed by atoms with E-state index in [9.17, 15) is 4.79 Å². The standard InChI is InChI=1S/C13H15N5O/c19-13(9-14-10-1-2-10)17-11-3-5-12(6-4-11)18-15-7-8-16-18/h3-8,10,14H,1-2,9H2,(H,17,19). The Morgan fingerprint density at radius 1 is 1.21 bits per heavy atom. The van der Waals surface area contributed by atoms with Gasteiger partial charge >= 0.3 is 0 Å². The summed E-state index contributed by atoms with van der Waals surface area (Å²) in [7, 11) is 0. The van der Waals surface area contributed by atoms with E-state index in [0.717, 1.165) is 11.4 Å². The summed E-state index contributed by atoms with van der Waals surface area (Å²) in [6.45, 7) is 0.368. The fourth-order valence-electron chi connectivity index (χ4n) is 1.76. The molecular weight excluding hydrogens is 242 g/mol. The number of hydrogen-bond acceptors (Lipinski definition) is 4. The van der Waals surface area contributed by atoms with E-state index in [4.69, 9.17) is 0 Å². The monoisotopic (exact) mass is 257 g/mol. The van der Waals surface area contributed by atoms with Gasteiger partial charge in [-0.3, -0.25) is 4.79 Å². The van der Waals surface area contributed by atoms with Crippen LogP contribution < -0.4 is 10.6 Å². The normalized spacial score (nSPS) is 14.3. The zero-order valence-electron chi connectivity index (χ0n) is 10.4. The average Bonchev–Trinajstić information content (AvgIpc) is 3.10. The molecule has 0 aliphatic heterocycles. The molecule has 3 rings (SSSR count). The van der Waals surface area contributed by atoms with Crippen molar-refractivity contribution in [2.75, 3.05) is 11.9 Å². The van der Waals surface area contributed by atoms with Crippen LogP contribution >= 0.6 is 0 Å². The molecule has 0 bridgehead atoms. The molecule has 1 aromatic heterocycles. The molecule has 1 aromatic carbocycles. The smallest absolute Gasteiger partial charge is 0.238 e. The maximum atomic E-state index is 11.7. The van der Waals surface area contributed by atoms with Crippen LogP contribution in [-0.2, 0) is 4.79 Å². The van der Waals surface area contributed by atoms with Gasteiger partial charge in [0.15, 0.2) is 0 Å². The number of rotatable bonds is 5. The predicted octanol–water partition coefficient (Wildman–Crippen LogP) is 0.958. The Bertz CT molecular complexity index is 545. The number of hydrogen-bond donors (Lipinski definition) is 2. The number of amides is 1. The summed E-state index contributed by atoms with van der Waals surface area (Å²) in [6.07, 6.45) is 5.61. The molecular formula is C13H15N5O. The van der Waals surface area contributed by atoms with Crippen LogP contribution in [0.2, 0.25) is 0 Å². The molecule has 1 aliphatic rings. The van der Waals surface area contributed by atoms with Crippen LogP contribution in [0.25, 0.3) is 5.69 Å². The molecule has 1 saturated carbocycles. The first-order valence-corrected chi connectivity index (χ1v) is 6.31. The minimum atomic E-state index is -0.0168. The van der Waals surface area contributed by atoms with E-state index < -0.39 is 0 Å². The number of carbonyl (C=O) groups is 1. The van der Waals surface area contributed by atoms with Gasteiger partial charge in [-0.1, -0.05) is 0 Å². The Labute approximate surface area is 110 Å². The molecule has 6 heteroatoms. The second kappa shape index (κ2) is 5.19. The zero-order valence-corrected chi connectivity index (χ0v) is 10.4. The minimum Gasteiger partial charge on any atom is -0.325 e. The zero-order chi connectivity index (χ0) is 13.1. The third-order valence-corrected chi connectivity index (χ3v) is 2.93. The Morgan fingerprint density at radius 3 is 2.53 bits per heavy atom. The van der Waals surface area contributed by atoms with E-state index in [1.807, 2.05) is 24.3 Å². The highest BCUT2D eigenvalue weighted by Crippen LogP contribution is 2.18. The Morgan fingerprint density at radius 2 is 1.89 bits per heavy atom. The van der Waals surface area contributed by atoms with Gasteiger partial charge < -0.3 is 10.6 Å². The lowest BCUT2D eigenvalue weighted by molar-refractivity contribution is -0.115. The van der Waals surface area contributed by atoms with E-state index in [-0.39, 0.29) is 5.91 Å². The number of carbonyl (C=O) groups excluding carboxylic acids is 1. The van der Waals surface area contributed by atoms with Crippen molar-refractivity contribution >= 4 is 11.6 Å². The topological polar surface area (TPSA) is 71.8 Å². The first-order chi connectivity index (χ1) is 9.31. The predicted molar refractivity (Wildman–Crippen MR) is 71.0 cm³/mol. The van der Waals surface area contributed by atoms with Crippen molar-refractivity contribution in [3.8, 4) is 5.69 Å². The van der Waals surface area contributed by atoms with Gasteiger partial charge in [-0.05, 0) is 37.1 Å². The maximum absolute atomic E-state index is 11.7. The van der Waals surface area contributed by atoms with Gasteiger partial charge in [-0.25, -0.2) is 0 Å². The van der Waals surface area contributed by atoms with E-state index in [2.05, 4.69) is 20.8 Å². The lowest BCUT2D eigenvalue weighted by atomic mass is 10.3. The SMILES string of the molecule is O=C(CNC1CC1)Nc1ccc(-n2nccn2)cc1. The van der Waals surface area contributed by atoms with Gasteiger partial charge in [0.25, 0.3) is 0 Å².